The Hall–Kier alpha value is -1.89. The smallest absolute Gasteiger partial charge is 0.341 e. The molecule has 1 rings (SSSR count). The van der Waals surface area contributed by atoms with Crippen molar-refractivity contribution in [2.24, 2.45) is 0 Å². The van der Waals surface area contributed by atoms with Crippen molar-refractivity contribution in [3.63, 3.8) is 0 Å². The van der Waals surface area contributed by atoms with Crippen molar-refractivity contribution in [3.05, 3.63) is 33.1 Å². The Balaban J connectivity index is 3.05. The molecule has 0 bridgehead atoms. The van der Waals surface area contributed by atoms with Crippen LogP contribution in [0.15, 0.2) is 12.1 Å². The van der Waals surface area contributed by atoms with Crippen LogP contribution < -0.4 is 4.74 Å². The normalized spacial score (nSPS) is 9.88. The number of rotatable bonds is 4. The van der Waals surface area contributed by atoms with E-state index in [-0.39, 0.29) is 10.8 Å². The lowest BCUT2D eigenvalue weighted by atomic mass is 10.3. The van der Waals surface area contributed by atoms with Crippen LogP contribution in [0.3, 0.4) is 0 Å². The fourth-order valence-electron chi connectivity index (χ4n) is 0.908. The third kappa shape index (κ3) is 2.80. The predicted octanol–water partition coefficient (Wildman–Crippen LogP) is 1.85. The van der Waals surface area contributed by atoms with Gasteiger partial charge in [0, 0.05) is 6.07 Å². The standard InChI is InChI=1S/C8H5ClFNO5/c9-4-1-5(10)6(11(14)15)2-7(4)16-3-8(12)13/h1-2H,3H2,(H,12,13). The minimum atomic E-state index is -1.27. The lowest BCUT2D eigenvalue weighted by Gasteiger charge is -2.05. The third-order valence-electron chi connectivity index (χ3n) is 1.55. The van der Waals surface area contributed by atoms with E-state index in [1.165, 1.54) is 0 Å². The third-order valence-corrected chi connectivity index (χ3v) is 1.84. The van der Waals surface area contributed by atoms with Crippen molar-refractivity contribution in [2.45, 2.75) is 0 Å². The van der Waals surface area contributed by atoms with Gasteiger partial charge in [0.2, 0.25) is 5.82 Å². The number of halogens is 2. The first-order valence-corrected chi connectivity index (χ1v) is 4.27. The molecule has 8 heteroatoms. The van der Waals surface area contributed by atoms with Crippen LogP contribution in [0.2, 0.25) is 5.02 Å². The quantitative estimate of drug-likeness (QED) is 0.650. The molecule has 0 aliphatic rings. The van der Waals surface area contributed by atoms with Gasteiger partial charge in [0.1, 0.15) is 5.75 Å². The van der Waals surface area contributed by atoms with Crippen molar-refractivity contribution in [3.8, 4) is 5.75 Å². The molecule has 86 valence electrons. The van der Waals surface area contributed by atoms with Gasteiger partial charge in [-0.2, -0.15) is 4.39 Å². The monoisotopic (exact) mass is 249 g/mol. The van der Waals surface area contributed by atoms with Crippen LogP contribution in [-0.4, -0.2) is 22.6 Å². The van der Waals surface area contributed by atoms with Crippen molar-refractivity contribution < 1.29 is 24.0 Å². The molecule has 0 saturated carbocycles. The molecule has 0 spiro atoms. The zero-order chi connectivity index (χ0) is 12.3. The van der Waals surface area contributed by atoms with Crippen LogP contribution in [0.1, 0.15) is 0 Å². The highest BCUT2D eigenvalue weighted by Gasteiger charge is 2.18. The second kappa shape index (κ2) is 4.75. The minimum absolute atomic E-state index is 0.232. The highest BCUT2D eigenvalue weighted by molar-refractivity contribution is 6.32. The summed E-state index contributed by atoms with van der Waals surface area (Å²) in [6.45, 7) is -0.720. The number of hydrogen-bond acceptors (Lipinski definition) is 4. The zero-order valence-electron chi connectivity index (χ0n) is 7.65. The van der Waals surface area contributed by atoms with Crippen LogP contribution in [0, 0.1) is 15.9 Å². The number of ether oxygens (including phenoxy) is 1. The maximum Gasteiger partial charge on any atom is 0.341 e. The molecule has 0 fully saturated rings. The number of carboxylic acids is 1. The number of nitro groups is 1. The van der Waals surface area contributed by atoms with E-state index in [9.17, 15) is 19.3 Å². The number of hydrogen-bond donors (Lipinski definition) is 1. The Morgan fingerprint density at radius 3 is 2.75 bits per heavy atom. The SMILES string of the molecule is O=C(O)COc1cc([N+](=O)[O-])c(F)cc1Cl. The molecule has 0 heterocycles. The average Bonchev–Trinajstić information content (AvgIpc) is 2.15. The number of nitrogens with zero attached hydrogens (tertiary/aromatic N) is 1. The molecule has 6 nitrogen and oxygen atoms in total. The van der Waals surface area contributed by atoms with E-state index in [1.54, 1.807) is 0 Å². The summed E-state index contributed by atoms with van der Waals surface area (Å²) >= 11 is 5.51. The highest BCUT2D eigenvalue weighted by atomic mass is 35.5. The molecule has 1 aromatic carbocycles. The van der Waals surface area contributed by atoms with Gasteiger partial charge in [-0.1, -0.05) is 11.6 Å². The van der Waals surface area contributed by atoms with Crippen LogP contribution in [0.25, 0.3) is 0 Å². The van der Waals surface area contributed by atoms with Crippen LogP contribution in [0.5, 0.6) is 5.75 Å². The molecule has 0 atom stereocenters. The summed E-state index contributed by atoms with van der Waals surface area (Å²) < 4.78 is 17.6. The number of nitro benzene ring substituents is 1. The Morgan fingerprint density at radius 1 is 1.62 bits per heavy atom. The number of aliphatic carboxylic acids is 1. The molecule has 1 aromatic rings. The average molecular weight is 250 g/mol. The summed E-state index contributed by atoms with van der Waals surface area (Å²) in [6.07, 6.45) is 0. The molecule has 0 aromatic heterocycles. The Bertz CT molecular complexity index is 450. The van der Waals surface area contributed by atoms with Gasteiger partial charge < -0.3 is 9.84 Å². The van der Waals surface area contributed by atoms with Crippen molar-refractivity contribution >= 4 is 23.3 Å². The van der Waals surface area contributed by atoms with Gasteiger partial charge in [0.05, 0.1) is 16.0 Å². The van der Waals surface area contributed by atoms with Crippen molar-refractivity contribution in [2.75, 3.05) is 6.61 Å². The molecule has 16 heavy (non-hydrogen) atoms. The first-order chi connectivity index (χ1) is 7.41. The number of carbonyl (C=O) groups is 1. The summed E-state index contributed by atoms with van der Waals surface area (Å²) in [5.74, 6) is -2.64. The summed E-state index contributed by atoms with van der Waals surface area (Å²) in [4.78, 5) is 19.6. The van der Waals surface area contributed by atoms with E-state index >= 15 is 0 Å². The Morgan fingerprint density at radius 2 is 2.25 bits per heavy atom. The molecule has 0 unspecified atom stereocenters. The molecule has 0 aliphatic carbocycles. The predicted molar refractivity (Wildman–Crippen MR) is 51.2 cm³/mol. The van der Waals surface area contributed by atoms with Crippen LogP contribution in [-0.2, 0) is 4.79 Å². The van der Waals surface area contributed by atoms with E-state index in [4.69, 9.17) is 16.7 Å². The maximum absolute atomic E-state index is 13.0. The molecule has 0 radical (unpaired) electrons. The van der Waals surface area contributed by atoms with E-state index in [1.807, 2.05) is 0 Å². The summed E-state index contributed by atoms with van der Waals surface area (Å²) in [7, 11) is 0. The molecule has 1 N–H and O–H groups in total. The molecule has 0 saturated heterocycles. The summed E-state index contributed by atoms with van der Waals surface area (Å²) in [5.41, 5.74) is -0.829. The van der Waals surface area contributed by atoms with Gasteiger partial charge in [-0.15, -0.1) is 0 Å². The fourth-order valence-corrected chi connectivity index (χ4v) is 1.11. The number of carboxylic acid groups (broad SMARTS) is 1. The van der Waals surface area contributed by atoms with Crippen LogP contribution >= 0.6 is 11.6 Å². The van der Waals surface area contributed by atoms with E-state index < -0.39 is 29.0 Å². The summed E-state index contributed by atoms with van der Waals surface area (Å²) in [5, 5.41) is 18.5. The van der Waals surface area contributed by atoms with Gasteiger partial charge in [-0.25, -0.2) is 4.79 Å². The minimum Gasteiger partial charge on any atom is -0.480 e. The second-order valence-corrected chi connectivity index (χ2v) is 3.08. The first kappa shape index (κ1) is 12.2. The molecular weight excluding hydrogens is 245 g/mol. The van der Waals surface area contributed by atoms with E-state index in [2.05, 4.69) is 4.74 Å². The van der Waals surface area contributed by atoms with Gasteiger partial charge >= 0.3 is 11.7 Å². The van der Waals surface area contributed by atoms with Gasteiger partial charge in [0.25, 0.3) is 0 Å². The lowest BCUT2D eigenvalue weighted by molar-refractivity contribution is -0.387. The van der Waals surface area contributed by atoms with Crippen molar-refractivity contribution in [1.29, 1.82) is 0 Å². The zero-order valence-corrected chi connectivity index (χ0v) is 8.40. The first-order valence-electron chi connectivity index (χ1n) is 3.90. The van der Waals surface area contributed by atoms with Gasteiger partial charge in [0.15, 0.2) is 6.61 Å². The van der Waals surface area contributed by atoms with Crippen LogP contribution in [0.4, 0.5) is 10.1 Å². The van der Waals surface area contributed by atoms with E-state index in [0.29, 0.717) is 6.07 Å². The van der Waals surface area contributed by atoms with E-state index in [0.717, 1.165) is 6.07 Å². The van der Waals surface area contributed by atoms with Gasteiger partial charge in [-0.3, -0.25) is 10.1 Å². The molecular formula is C8H5ClFNO5. The summed E-state index contributed by atoms with van der Waals surface area (Å²) in [6, 6.07) is 1.43. The second-order valence-electron chi connectivity index (χ2n) is 2.67. The number of benzene rings is 1. The van der Waals surface area contributed by atoms with Gasteiger partial charge in [-0.05, 0) is 0 Å². The lowest BCUT2D eigenvalue weighted by Crippen LogP contribution is -2.10. The Kier molecular flexibility index (Phi) is 3.62. The molecule has 0 amide bonds. The maximum atomic E-state index is 13.0. The molecule has 0 aliphatic heterocycles. The highest BCUT2D eigenvalue weighted by Crippen LogP contribution is 2.31. The Labute approximate surface area is 93.4 Å². The fraction of sp³-hybridized carbons (Fsp3) is 0.125. The topological polar surface area (TPSA) is 89.7 Å². The van der Waals surface area contributed by atoms with Crippen molar-refractivity contribution in [1.82, 2.24) is 0 Å². The largest absolute Gasteiger partial charge is 0.480 e.